The molecule has 1 rings (SSSR count). The van der Waals surface area contributed by atoms with E-state index in [0.717, 1.165) is 12.8 Å². The average Bonchev–Trinajstić information content (AvgIpc) is 2.74. The molecule has 0 aliphatic rings. The number of hydrogen-bond donors (Lipinski definition) is 1. The van der Waals surface area contributed by atoms with Crippen LogP contribution in [0.25, 0.3) is 0 Å². The van der Waals surface area contributed by atoms with Crippen LogP contribution >= 0.6 is 0 Å². The highest BCUT2D eigenvalue weighted by Gasteiger charge is 2.08. The van der Waals surface area contributed by atoms with Crippen LogP contribution in [-0.2, 0) is 10.0 Å². The van der Waals surface area contributed by atoms with Crippen molar-refractivity contribution in [2.24, 2.45) is 5.10 Å². The van der Waals surface area contributed by atoms with Crippen molar-refractivity contribution < 1.29 is 13.3 Å². The zero-order chi connectivity index (χ0) is 22.8. The Balaban J connectivity index is 2.01. The van der Waals surface area contributed by atoms with Crippen molar-refractivity contribution in [1.82, 2.24) is 4.83 Å². The van der Waals surface area contributed by atoms with Crippen molar-refractivity contribution in [3.05, 3.63) is 39.9 Å². The van der Waals surface area contributed by atoms with E-state index >= 15 is 0 Å². The van der Waals surface area contributed by atoms with Crippen LogP contribution in [0.15, 0.2) is 29.4 Å². The number of rotatable bonds is 19. The average molecular weight is 454 g/mol. The Kier molecular flexibility index (Phi) is 14.6. The zero-order valence-corrected chi connectivity index (χ0v) is 19.7. The van der Waals surface area contributed by atoms with Gasteiger partial charge in [-0.3, -0.25) is 10.1 Å². The Morgan fingerprint density at radius 3 is 1.74 bits per heavy atom. The van der Waals surface area contributed by atoms with Crippen molar-refractivity contribution in [2.75, 3.05) is 5.75 Å². The van der Waals surface area contributed by atoms with E-state index in [4.69, 9.17) is 0 Å². The molecule has 0 radical (unpaired) electrons. The van der Waals surface area contributed by atoms with E-state index in [2.05, 4.69) is 16.9 Å². The van der Waals surface area contributed by atoms with Gasteiger partial charge in [0, 0.05) is 12.1 Å². The van der Waals surface area contributed by atoms with Crippen LogP contribution in [0.4, 0.5) is 5.69 Å². The fourth-order valence-corrected chi connectivity index (χ4v) is 4.28. The summed E-state index contributed by atoms with van der Waals surface area (Å²) in [6, 6.07) is 5.74. The van der Waals surface area contributed by atoms with Gasteiger partial charge in [-0.15, -0.1) is 0 Å². The van der Waals surface area contributed by atoms with Crippen LogP contribution in [0.5, 0.6) is 0 Å². The topological polar surface area (TPSA) is 102 Å². The molecule has 0 heterocycles. The van der Waals surface area contributed by atoms with Crippen LogP contribution in [0.3, 0.4) is 0 Å². The number of benzene rings is 1. The number of hydrogen-bond acceptors (Lipinski definition) is 5. The summed E-state index contributed by atoms with van der Waals surface area (Å²) < 4.78 is 23.9. The SMILES string of the molecule is CCCCCCCCCCCCCCCCS(=O)(=O)N/N=C/c1ccc([N+](=O)[O-])cc1. The van der Waals surface area contributed by atoms with Crippen LogP contribution < -0.4 is 4.83 Å². The van der Waals surface area contributed by atoms with E-state index in [0.29, 0.717) is 12.0 Å². The number of unbranched alkanes of at least 4 members (excludes halogenated alkanes) is 13. The molecule has 8 heteroatoms. The van der Waals surface area contributed by atoms with Gasteiger partial charge < -0.3 is 0 Å². The maximum atomic E-state index is 12.0. The van der Waals surface area contributed by atoms with Gasteiger partial charge in [-0.1, -0.05) is 90.4 Å². The molecule has 0 atom stereocenters. The quantitative estimate of drug-likeness (QED) is 0.114. The highest BCUT2D eigenvalue weighted by atomic mass is 32.2. The Morgan fingerprint density at radius 1 is 0.839 bits per heavy atom. The summed E-state index contributed by atoms with van der Waals surface area (Å²) in [5.74, 6) is 0.0582. The van der Waals surface area contributed by atoms with E-state index in [9.17, 15) is 18.5 Å². The van der Waals surface area contributed by atoms with Crippen molar-refractivity contribution in [2.45, 2.75) is 96.8 Å². The van der Waals surface area contributed by atoms with Gasteiger partial charge >= 0.3 is 0 Å². The highest BCUT2D eigenvalue weighted by molar-refractivity contribution is 7.89. The van der Waals surface area contributed by atoms with Gasteiger partial charge in [-0.25, -0.2) is 13.2 Å². The minimum atomic E-state index is -3.45. The van der Waals surface area contributed by atoms with Crippen molar-refractivity contribution >= 4 is 21.9 Å². The molecule has 1 aromatic rings. The molecule has 176 valence electrons. The lowest BCUT2D eigenvalue weighted by Crippen LogP contribution is -2.21. The number of nitro benzene ring substituents is 1. The molecule has 0 aliphatic carbocycles. The number of non-ortho nitro benzene ring substituents is 1. The lowest BCUT2D eigenvalue weighted by atomic mass is 10.0. The molecule has 0 saturated heterocycles. The second-order valence-corrected chi connectivity index (χ2v) is 9.93. The molecule has 0 fully saturated rings. The molecule has 0 unspecified atom stereocenters. The summed E-state index contributed by atoms with van der Waals surface area (Å²) in [7, 11) is -3.45. The first-order valence-electron chi connectivity index (χ1n) is 11.7. The molecule has 0 bridgehead atoms. The Bertz CT molecular complexity index is 734. The lowest BCUT2D eigenvalue weighted by molar-refractivity contribution is -0.384. The zero-order valence-electron chi connectivity index (χ0n) is 18.9. The Morgan fingerprint density at radius 2 is 1.29 bits per heavy atom. The van der Waals surface area contributed by atoms with Crippen LogP contribution in [0, 0.1) is 10.1 Å². The van der Waals surface area contributed by atoms with Crippen LogP contribution in [0.1, 0.15) is 102 Å². The predicted molar refractivity (Wildman–Crippen MR) is 128 cm³/mol. The first kappa shape index (κ1) is 27.1. The molecule has 1 N–H and O–H groups in total. The standard InChI is InChI=1S/C23H39N3O4S/c1-2-3-4-5-6-7-8-9-10-11-12-13-14-15-20-31(29,30)25-24-21-22-16-18-23(19-17-22)26(27)28/h16-19,21,25H,2-15,20H2,1H3/b24-21+. The Hall–Kier alpha value is -1.96. The number of nitro groups is 1. The third kappa shape index (κ3) is 14.6. The lowest BCUT2D eigenvalue weighted by Gasteiger charge is -2.04. The molecule has 0 saturated carbocycles. The van der Waals surface area contributed by atoms with Gasteiger partial charge in [0.05, 0.1) is 16.9 Å². The van der Waals surface area contributed by atoms with Gasteiger partial charge in [-0.2, -0.15) is 5.10 Å². The largest absolute Gasteiger partial charge is 0.269 e. The third-order valence-corrected chi connectivity index (χ3v) is 6.49. The second-order valence-electron chi connectivity index (χ2n) is 8.11. The van der Waals surface area contributed by atoms with E-state index in [-0.39, 0.29) is 11.4 Å². The normalized spacial score (nSPS) is 11.8. The second kappa shape index (κ2) is 16.7. The molecule has 0 amide bonds. The summed E-state index contributed by atoms with van der Waals surface area (Å²) in [4.78, 5) is 12.3. The highest BCUT2D eigenvalue weighted by Crippen LogP contribution is 2.13. The third-order valence-electron chi connectivity index (χ3n) is 5.28. The molecule has 0 aromatic heterocycles. The maximum absolute atomic E-state index is 12.0. The van der Waals surface area contributed by atoms with Crippen molar-refractivity contribution in [3.63, 3.8) is 0 Å². The predicted octanol–water partition coefficient (Wildman–Crippen LogP) is 6.33. The first-order chi connectivity index (χ1) is 14.9. The van der Waals surface area contributed by atoms with Gasteiger partial charge in [-0.05, 0) is 24.1 Å². The summed E-state index contributed by atoms with van der Waals surface area (Å²) in [6.45, 7) is 2.25. The van der Waals surface area contributed by atoms with E-state index in [1.807, 2.05) is 0 Å². The summed E-state index contributed by atoms with van der Waals surface area (Å²) in [5, 5.41) is 14.4. The summed E-state index contributed by atoms with van der Waals surface area (Å²) >= 11 is 0. The van der Waals surface area contributed by atoms with Gasteiger partial charge in [0.15, 0.2) is 0 Å². The maximum Gasteiger partial charge on any atom is 0.269 e. The van der Waals surface area contributed by atoms with Gasteiger partial charge in [0.1, 0.15) is 0 Å². The smallest absolute Gasteiger partial charge is 0.258 e. The number of nitrogens with one attached hydrogen (secondary N) is 1. The summed E-state index contributed by atoms with van der Waals surface area (Å²) in [5.41, 5.74) is 0.570. The fraction of sp³-hybridized carbons (Fsp3) is 0.696. The monoisotopic (exact) mass is 453 g/mol. The molecular weight excluding hydrogens is 414 g/mol. The number of sulfonamides is 1. The van der Waals surface area contributed by atoms with Gasteiger partial charge in [0.25, 0.3) is 5.69 Å². The summed E-state index contributed by atoms with van der Waals surface area (Å²) in [6.07, 6.45) is 18.5. The first-order valence-corrected chi connectivity index (χ1v) is 13.4. The molecular formula is C23H39N3O4S. The van der Waals surface area contributed by atoms with Crippen LogP contribution in [-0.4, -0.2) is 25.3 Å². The van der Waals surface area contributed by atoms with Crippen molar-refractivity contribution in [3.8, 4) is 0 Å². The Labute approximate surface area is 187 Å². The van der Waals surface area contributed by atoms with Gasteiger partial charge in [0.2, 0.25) is 10.0 Å². The number of nitrogens with zero attached hydrogens (tertiary/aromatic N) is 2. The van der Waals surface area contributed by atoms with E-state index in [1.165, 1.54) is 101 Å². The molecule has 31 heavy (non-hydrogen) atoms. The van der Waals surface area contributed by atoms with E-state index < -0.39 is 14.9 Å². The van der Waals surface area contributed by atoms with Crippen molar-refractivity contribution in [1.29, 1.82) is 0 Å². The fourth-order valence-electron chi connectivity index (χ4n) is 3.40. The molecule has 0 aliphatic heterocycles. The molecule has 1 aromatic carbocycles. The molecule has 7 nitrogen and oxygen atoms in total. The minimum Gasteiger partial charge on any atom is -0.258 e. The minimum absolute atomic E-state index is 0.0180. The molecule has 0 spiro atoms. The number of hydrazone groups is 1. The van der Waals surface area contributed by atoms with Crippen LogP contribution in [0.2, 0.25) is 0 Å². The van der Waals surface area contributed by atoms with E-state index in [1.54, 1.807) is 0 Å².